The van der Waals surface area contributed by atoms with Crippen molar-refractivity contribution in [1.82, 2.24) is 0 Å². The fourth-order valence-electron chi connectivity index (χ4n) is 2.72. The summed E-state index contributed by atoms with van der Waals surface area (Å²) in [5.41, 5.74) is 11.2. The lowest BCUT2D eigenvalue weighted by molar-refractivity contribution is 0.576. The van der Waals surface area contributed by atoms with E-state index in [0.29, 0.717) is 11.8 Å². The summed E-state index contributed by atoms with van der Waals surface area (Å²) in [6.07, 6.45) is 3.37. The van der Waals surface area contributed by atoms with Crippen LogP contribution in [0, 0.1) is 11.8 Å². The van der Waals surface area contributed by atoms with E-state index in [-0.39, 0.29) is 0 Å². The van der Waals surface area contributed by atoms with Crippen molar-refractivity contribution in [3.05, 3.63) is 53.2 Å². The number of hydrogen-bond donors (Lipinski definition) is 1. The molecule has 1 unspecified atom stereocenters. The topological polar surface area (TPSA) is 26.0 Å². The molecule has 0 amide bonds. The Balaban J connectivity index is 2.44. The SMILES string of the molecule is CC(C)C1=C(N)C(c2ccccc2)=CCC1C. The molecule has 1 nitrogen and oxygen atoms in total. The van der Waals surface area contributed by atoms with Gasteiger partial charge in [0, 0.05) is 11.3 Å². The van der Waals surface area contributed by atoms with Crippen LogP contribution in [0.15, 0.2) is 47.7 Å². The van der Waals surface area contributed by atoms with Gasteiger partial charge in [0.1, 0.15) is 0 Å². The van der Waals surface area contributed by atoms with Crippen LogP contribution in [-0.4, -0.2) is 0 Å². The molecule has 0 saturated carbocycles. The zero-order valence-corrected chi connectivity index (χ0v) is 10.9. The highest BCUT2D eigenvalue weighted by molar-refractivity contribution is 5.80. The fraction of sp³-hybridized carbons (Fsp3) is 0.375. The van der Waals surface area contributed by atoms with Crippen LogP contribution in [0.5, 0.6) is 0 Å². The van der Waals surface area contributed by atoms with E-state index in [0.717, 1.165) is 12.1 Å². The zero-order valence-electron chi connectivity index (χ0n) is 10.9. The second-order valence-electron chi connectivity index (χ2n) is 5.14. The predicted octanol–water partition coefficient (Wildman–Crippen LogP) is 3.98. The molecule has 1 heteroatoms. The first-order valence-electron chi connectivity index (χ1n) is 6.36. The van der Waals surface area contributed by atoms with Crippen molar-refractivity contribution in [1.29, 1.82) is 0 Å². The minimum absolute atomic E-state index is 0.525. The van der Waals surface area contributed by atoms with E-state index in [4.69, 9.17) is 5.73 Å². The zero-order chi connectivity index (χ0) is 12.4. The Kier molecular flexibility index (Phi) is 3.37. The second kappa shape index (κ2) is 4.79. The number of allylic oxidation sites excluding steroid dienone is 3. The Morgan fingerprint density at radius 2 is 1.82 bits per heavy atom. The van der Waals surface area contributed by atoms with Crippen LogP contribution >= 0.6 is 0 Å². The highest BCUT2D eigenvalue weighted by Crippen LogP contribution is 2.36. The van der Waals surface area contributed by atoms with Gasteiger partial charge in [-0.2, -0.15) is 0 Å². The molecular formula is C16H21N. The normalized spacial score (nSPS) is 20.7. The Morgan fingerprint density at radius 1 is 1.18 bits per heavy atom. The Morgan fingerprint density at radius 3 is 2.41 bits per heavy atom. The molecular weight excluding hydrogens is 206 g/mol. The van der Waals surface area contributed by atoms with Crippen molar-refractivity contribution < 1.29 is 0 Å². The van der Waals surface area contributed by atoms with E-state index >= 15 is 0 Å². The molecule has 0 aromatic heterocycles. The van der Waals surface area contributed by atoms with E-state index in [9.17, 15) is 0 Å². The summed E-state index contributed by atoms with van der Waals surface area (Å²) in [6.45, 7) is 6.72. The molecule has 0 aliphatic heterocycles. The lowest BCUT2D eigenvalue weighted by atomic mass is 9.80. The summed E-state index contributed by atoms with van der Waals surface area (Å²) in [4.78, 5) is 0. The third-order valence-electron chi connectivity index (χ3n) is 3.51. The molecule has 90 valence electrons. The van der Waals surface area contributed by atoms with Crippen molar-refractivity contribution in [3.63, 3.8) is 0 Å². The minimum Gasteiger partial charge on any atom is -0.398 e. The van der Waals surface area contributed by atoms with Crippen molar-refractivity contribution >= 4 is 5.57 Å². The molecule has 0 bridgehead atoms. The lowest BCUT2D eigenvalue weighted by Crippen LogP contribution is -2.18. The average Bonchev–Trinajstić information content (AvgIpc) is 2.30. The maximum absolute atomic E-state index is 6.36. The first kappa shape index (κ1) is 12.0. The molecule has 0 spiro atoms. The second-order valence-corrected chi connectivity index (χ2v) is 5.14. The first-order valence-corrected chi connectivity index (χ1v) is 6.36. The largest absolute Gasteiger partial charge is 0.398 e. The van der Waals surface area contributed by atoms with E-state index in [1.807, 2.05) is 6.07 Å². The molecule has 0 fully saturated rings. The maximum Gasteiger partial charge on any atom is 0.0387 e. The monoisotopic (exact) mass is 227 g/mol. The molecule has 1 atom stereocenters. The summed E-state index contributed by atoms with van der Waals surface area (Å²) in [6, 6.07) is 10.4. The molecule has 1 aromatic carbocycles. The Hall–Kier alpha value is -1.50. The summed E-state index contributed by atoms with van der Waals surface area (Å²) in [5.74, 6) is 1.10. The molecule has 1 aromatic rings. The number of hydrogen-bond acceptors (Lipinski definition) is 1. The number of benzene rings is 1. The molecule has 1 aliphatic rings. The van der Waals surface area contributed by atoms with Crippen LogP contribution in [0.3, 0.4) is 0 Å². The van der Waals surface area contributed by atoms with Gasteiger partial charge < -0.3 is 5.73 Å². The van der Waals surface area contributed by atoms with Gasteiger partial charge in [0.25, 0.3) is 0 Å². The van der Waals surface area contributed by atoms with Crippen LogP contribution in [-0.2, 0) is 0 Å². The fourth-order valence-corrected chi connectivity index (χ4v) is 2.72. The third kappa shape index (κ3) is 2.28. The van der Waals surface area contributed by atoms with Gasteiger partial charge in [-0.25, -0.2) is 0 Å². The van der Waals surface area contributed by atoms with Gasteiger partial charge in [-0.3, -0.25) is 0 Å². The lowest BCUT2D eigenvalue weighted by Gasteiger charge is -2.27. The smallest absolute Gasteiger partial charge is 0.0387 e. The van der Waals surface area contributed by atoms with Gasteiger partial charge in [-0.1, -0.05) is 57.2 Å². The van der Waals surface area contributed by atoms with Gasteiger partial charge in [-0.05, 0) is 29.4 Å². The van der Waals surface area contributed by atoms with E-state index in [2.05, 4.69) is 51.1 Å². The maximum atomic E-state index is 6.36. The third-order valence-corrected chi connectivity index (χ3v) is 3.51. The summed E-state index contributed by atoms with van der Waals surface area (Å²) >= 11 is 0. The molecule has 2 N–H and O–H groups in total. The standard InChI is InChI=1S/C16H21N/c1-11(2)15-12(3)9-10-14(16(15)17)13-7-5-4-6-8-13/h4-8,10-12H,9,17H2,1-3H3. The molecule has 1 aliphatic carbocycles. The van der Waals surface area contributed by atoms with E-state index in [1.54, 1.807) is 0 Å². The van der Waals surface area contributed by atoms with Crippen molar-refractivity contribution in [3.8, 4) is 0 Å². The molecule has 0 saturated heterocycles. The Bertz CT molecular complexity index is 452. The van der Waals surface area contributed by atoms with Gasteiger partial charge in [-0.15, -0.1) is 0 Å². The van der Waals surface area contributed by atoms with Crippen LogP contribution in [0.2, 0.25) is 0 Å². The van der Waals surface area contributed by atoms with Gasteiger partial charge in [0.15, 0.2) is 0 Å². The predicted molar refractivity (Wildman–Crippen MR) is 74.3 cm³/mol. The van der Waals surface area contributed by atoms with Gasteiger partial charge in [0.05, 0.1) is 0 Å². The van der Waals surface area contributed by atoms with Crippen LogP contribution in [0.25, 0.3) is 5.57 Å². The molecule has 17 heavy (non-hydrogen) atoms. The van der Waals surface area contributed by atoms with Crippen LogP contribution < -0.4 is 5.73 Å². The molecule has 0 radical (unpaired) electrons. The highest BCUT2D eigenvalue weighted by Gasteiger charge is 2.22. The number of nitrogens with two attached hydrogens (primary N) is 1. The summed E-state index contributed by atoms with van der Waals surface area (Å²) < 4.78 is 0. The van der Waals surface area contributed by atoms with Crippen LogP contribution in [0.1, 0.15) is 32.8 Å². The highest BCUT2D eigenvalue weighted by atomic mass is 14.6. The van der Waals surface area contributed by atoms with Gasteiger partial charge >= 0.3 is 0 Å². The van der Waals surface area contributed by atoms with Crippen molar-refractivity contribution in [2.75, 3.05) is 0 Å². The summed E-state index contributed by atoms with van der Waals surface area (Å²) in [7, 11) is 0. The quantitative estimate of drug-likeness (QED) is 0.812. The number of rotatable bonds is 2. The average molecular weight is 227 g/mol. The van der Waals surface area contributed by atoms with Crippen molar-refractivity contribution in [2.45, 2.75) is 27.2 Å². The molecule has 0 heterocycles. The van der Waals surface area contributed by atoms with E-state index < -0.39 is 0 Å². The minimum atomic E-state index is 0.525. The molecule has 2 rings (SSSR count). The van der Waals surface area contributed by atoms with Crippen molar-refractivity contribution in [2.24, 2.45) is 17.6 Å². The first-order chi connectivity index (χ1) is 8.11. The van der Waals surface area contributed by atoms with Gasteiger partial charge in [0.2, 0.25) is 0 Å². The van der Waals surface area contributed by atoms with Crippen LogP contribution in [0.4, 0.5) is 0 Å². The Labute approximate surface area is 104 Å². The summed E-state index contributed by atoms with van der Waals surface area (Å²) in [5, 5.41) is 0. The van der Waals surface area contributed by atoms with E-state index in [1.165, 1.54) is 16.7 Å².